The third kappa shape index (κ3) is 3.12. The number of pyridine rings is 1. The average molecular weight is 253 g/mol. The zero-order valence-electron chi connectivity index (χ0n) is 11.0. The summed E-state index contributed by atoms with van der Waals surface area (Å²) in [7, 11) is 0. The summed E-state index contributed by atoms with van der Waals surface area (Å²) < 4.78 is 0. The van der Waals surface area contributed by atoms with Crippen LogP contribution in [0.2, 0.25) is 0 Å². The van der Waals surface area contributed by atoms with Gasteiger partial charge in [0.1, 0.15) is 0 Å². The van der Waals surface area contributed by atoms with Crippen LogP contribution < -0.4 is 5.32 Å². The van der Waals surface area contributed by atoms with Gasteiger partial charge in [-0.15, -0.1) is 0 Å². The molecule has 2 heterocycles. The second-order valence-electron chi connectivity index (χ2n) is 4.93. The van der Waals surface area contributed by atoms with E-state index < -0.39 is 0 Å². The summed E-state index contributed by atoms with van der Waals surface area (Å²) in [6.45, 7) is 4.08. The SMILES string of the molecule is c1ccc(CN2CCNc3ccccc3CC2)nc1. The van der Waals surface area contributed by atoms with E-state index in [9.17, 15) is 0 Å². The van der Waals surface area contributed by atoms with E-state index in [-0.39, 0.29) is 0 Å². The maximum atomic E-state index is 4.41. The highest BCUT2D eigenvalue weighted by Crippen LogP contribution is 2.18. The predicted octanol–water partition coefficient (Wildman–Crippen LogP) is 2.55. The fourth-order valence-electron chi connectivity index (χ4n) is 2.53. The molecule has 1 aromatic heterocycles. The maximum absolute atomic E-state index is 4.41. The molecule has 0 unspecified atom stereocenters. The zero-order valence-corrected chi connectivity index (χ0v) is 11.0. The minimum absolute atomic E-state index is 0.935. The van der Waals surface area contributed by atoms with Crippen molar-refractivity contribution in [3.05, 3.63) is 59.9 Å². The van der Waals surface area contributed by atoms with Crippen molar-refractivity contribution in [2.45, 2.75) is 13.0 Å². The highest BCUT2D eigenvalue weighted by atomic mass is 15.1. The molecule has 0 amide bonds. The molecule has 1 N–H and O–H groups in total. The van der Waals surface area contributed by atoms with Crippen LogP contribution in [0.3, 0.4) is 0 Å². The first kappa shape index (κ1) is 12.2. The van der Waals surface area contributed by atoms with Gasteiger partial charge in [-0.2, -0.15) is 0 Å². The molecule has 3 rings (SSSR count). The highest BCUT2D eigenvalue weighted by molar-refractivity contribution is 5.51. The molecule has 19 heavy (non-hydrogen) atoms. The topological polar surface area (TPSA) is 28.2 Å². The van der Waals surface area contributed by atoms with Gasteiger partial charge in [0.05, 0.1) is 5.69 Å². The molecule has 1 aliphatic heterocycles. The van der Waals surface area contributed by atoms with Crippen LogP contribution in [0, 0.1) is 0 Å². The van der Waals surface area contributed by atoms with E-state index in [1.165, 1.54) is 11.3 Å². The summed E-state index contributed by atoms with van der Waals surface area (Å²) in [5.41, 5.74) is 3.85. The Morgan fingerprint density at radius 1 is 1.05 bits per heavy atom. The highest BCUT2D eigenvalue weighted by Gasteiger charge is 2.11. The number of aromatic nitrogens is 1. The molecular formula is C16H19N3. The molecular weight excluding hydrogens is 234 g/mol. The van der Waals surface area contributed by atoms with E-state index in [1.807, 2.05) is 12.3 Å². The molecule has 0 bridgehead atoms. The van der Waals surface area contributed by atoms with Crippen LogP contribution in [0.1, 0.15) is 11.3 Å². The number of benzene rings is 1. The summed E-state index contributed by atoms with van der Waals surface area (Å²) >= 11 is 0. The van der Waals surface area contributed by atoms with Crippen LogP contribution >= 0.6 is 0 Å². The van der Waals surface area contributed by atoms with Crippen molar-refractivity contribution in [1.29, 1.82) is 0 Å². The van der Waals surface area contributed by atoms with Crippen molar-refractivity contribution in [3.63, 3.8) is 0 Å². The van der Waals surface area contributed by atoms with Gasteiger partial charge in [0.25, 0.3) is 0 Å². The van der Waals surface area contributed by atoms with Crippen LogP contribution in [-0.2, 0) is 13.0 Å². The third-order valence-electron chi connectivity index (χ3n) is 3.57. The number of anilines is 1. The Labute approximate surface area is 114 Å². The Hall–Kier alpha value is -1.87. The van der Waals surface area contributed by atoms with Gasteiger partial charge < -0.3 is 5.32 Å². The molecule has 3 nitrogen and oxygen atoms in total. The Morgan fingerprint density at radius 3 is 2.84 bits per heavy atom. The Bertz CT molecular complexity index is 525. The van der Waals surface area contributed by atoms with E-state index in [0.717, 1.165) is 38.3 Å². The quantitative estimate of drug-likeness (QED) is 0.891. The lowest BCUT2D eigenvalue weighted by Crippen LogP contribution is -2.33. The van der Waals surface area contributed by atoms with E-state index in [1.54, 1.807) is 0 Å². The number of hydrogen-bond acceptors (Lipinski definition) is 3. The van der Waals surface area contributed by atoms with Gasteiger partial charge in [-0.25, -0.2) is 0 Å². The molecule has 0 saturated heterocycles. The van der Waals surface area contributed by atoms with Crippen LogP contribution in [0.5, 0.6) is 0 Å². The summed E-state index contributed by atoms with van der Waals surface area (Å²) in [6.07, 6.45) is 2.96. The van der Waals surface area contributed by atoms with Crippen LogP contribution in [0.15, 0.2) is 48.7 Å². The molecule has 98 valence electrons. The molecule has 0 spiro atoms. The van der Waals surface area contributed by atoms with E-state index in [4.69, 9.17) is 0 Å². The molecule has 0 radical (unpaired) electrons. The first-order chi connectivity index (χ1) is 9.42. The number of para-hydroxylation sites is 1. The van der Waals surface area contributed by atoms with Crippen molar-refractivity contribution in [1.82, 2.24) is 9.88 Å². The van der Waals surface area contributed by atoms with Crippen molar-refractivity contribution in [2.24, 2.45) is 0 Å². The number of hydrogen-bond donors (Lipinski definition) is 1. The summed E-state index contributed by atoms with van der Waals surface area (Å²) in [5.74, 6) is 0. The van der Waals surface area contributed by atoms with Gasteiger partial charge in [-0.3, -0.25) is 9.88 Å². The normalized spacial score (nSPS) is 16.0. The van der Waals surface area contributed by atoms with Gasteiger partial charge in [0.2, 0.25) is 0 Å². The molecule has 0 aliphatic carbocycles. The summed E-state index contributed by atoms with van der Waals surface area (Å²) in [5, 5.41) is 3.52. The van der Waals surface area contributed by atoms with Crippen molar-refractivity contribution in [3.8, 4) is 0 Å². The predicted molar refractivity (Wildman–Crippen MR) is 78.1 cm³/mol. The molecule has 0 saturated carbocycles. The average Bonchev–Trinajstić information content (AvgIpc) is 2.44. The fraction of sp³-hybridized carbons (Fsp3) is 0.312. The number of fused-ring (bicyclic) bond motifs is 1. The summed E-state index contributed by atoms with van der Waals surface area (Å²) in [4.78, 5) is 6.87. The first-order valence-corrected chi connectivity index (χ1v) is 6.86. The van der Waals surface area contributed by atoms with E-state index in [2.05, 4.69) is 51.6 Å². The Balaban J connectivity index is 1.67. The largest absolute Gasteiger partial charge is 0.384 e. The van der Waals surface area contributed by atoms with E-state index in [0.29, 0.717) is 0 Å². The van der Waals surface area contributed by atoms with Crippen LogP contribution in [-0.4, -0.2) is 29.5 Å². The molecule has 2 aromatic rings. The second kappa shape index (κ2) is 5.85. The number of nitrogens with one attached hydrogen (secondary N) is 1. The van der Waals surface area contributed by atoms with Crippen molar-refractivity contribution < 1.29 is 0 Å². The monoisotopic (exact) mass is 253 g/mol. The molecule has 1 aromatic carbocycles. The van der Waals surface area contributed by atoms with Crippen molar-refractivity contribution in [2.75, 3.05) is 25.0 Å². The Morgan fingerprint density at radius 2 is 1.95 bits per heavy atom. The van der Waals surface area contributed by atoms with Gasteiger partial charge >= 0.3 is 0 Å². The molecule has 0 atom stereocenters. The first-order valence-electron chi connectivity index (χ1n) is 6.86. The van der Waals surface area contributed by atoms with Gasteiger partial charge in [-0.1, -0.05) is 24.3 Å². The van der Waals surface area contributed by atoms with Gasteiger partial charge in [-0.05, 0) is 30.2 Å². The van der Waals surface area contributed by atoms with Crippen LogP contribution in [0.25, 0.3) is 0 Å². The minimum Gasteiger partial charge on any atom is -0.384 e. The fourth-order valence-corrected chi connectivity index (χ4v) is 2.53. The van der Waals surface area contributed by atoms with E-state index >= 15 is 0 Å². The second-order valence-corrected chi connectivity index (χ2v) is 4.93. The smallest absolute Gasteiger partial charge is 0.0543 e. The van der Waals surface area contributed by atoms with Crippen molar-refractivity contribution >= 4 is 5.69 Å². The number of rotatable bonds is 2. The standard InChI is InChI=1S/C16H19N3/c1-2-7-16-14(5-1)8-11-19(12-10-18-16)13-15-6-3-4-9-17-15/h1-7,9,18H,8,10-13H2. The molecule has 1 aliphatic rings. The van der Waals surface area contributed by atoms with Gasteiger partial charge in [0.15, 0.2) is 0 Å². The van der Waals surface area contributed by atoms with Gasteiger partial charge in [0, 0.05) is 38.1 Å². The lowest BCUT2D eigenvalue weighted by atomic mass is 10.1. The lowest BCUT2D eigenvalue weighted by molar-refractivity contribution is 0.274. The summed E-state index contributed by atoms with van der Waals surface area (Å²) in [6, 6.07) is 14.7. The third-order valence-corrected chi connectivity index (χ3v) is 3.57. The van der Waals surface area contributed by atoms with Crippen LogP contribution in [0.4, 0.5) is 5.69 Å². The maximum Gasteiger partial charge on any atom is 0.0543 e. The molecule has 3 heteroatoms. The molecule has 0 fully saturated rings. The Kier molecular flexibility index (Phi) is 3.75. The lowest BCUT2D eigenvalue weighted by Gasteiger charge is -2.26. The zero-order chi connectivity index (χ0) is 12.9. The number of nitrogens with zero attached hydrogens (tertiary/aromatic N) is 2. The minimum atomic E-state index is 0.935.